The number of piperidine rings is 1. The first-order chi connectivity index (χ1) is 8.39. The maximum Gasteiger partial charge on any atom is 0.212 e. The lowest BCUT2D eigenvalue weighted by molar-refractivity contribution is 0.398. The highest BCUT2D eigenvalue weighted by Crippen LogP contribution is 2.14. The highest BCUT2D eigenvalue weighted by atomic mass is 32.2. The minimum Gasteiger partial charge on any atom is -0.317 e. The average Bonchev–Trinajstić information content (AvgIpc) is 2.26. The molecule has 1 heterocycles. The summed E-state index contributed by atoms with van der Waals surface area (Å²) >= 11 is 0. The van der Waals surface area contributed by atoms with Crippen LogP contribution in [0.4, 0.5) is 0 Å². The Hall–Kier alpha value is -0.130. The van der Waals surface area contributed by atoms with E-state index in [4.69, 9.17) is 0 Å². The Morgan fingerprint density at radius 1 is 1.17 bits per heavy atom. The SMILES string of the molecule is CC(C)CCC(C)NS(=O)(=O)CC1CCNCC1. The molecule has 0 amide bonds. The number of sulfonamides is 1. The molecule has 18 heavy (non-hydrogen) atoms. The van der Waals surface area contributed by atoms with Gasteiger partial charge in [0.15, 0.2) is 0 Å². The van der Waals surface area contributed by atoms with E-state index in [2.05, 4.69) is 23.9 Å². The molecule has 1 unspecified atom stereocenters. The molecule has 0 aromatic rings. The van der Waals surface area contributed by atoms with Crippen LogP contribution in [-0.2, 0) is 10.0 Å². The number of hydrogen-bond donors (Lipinski definition) is 2. The van der Waals surface area contributed by atoms with Gasteiger partial charge in [0.25, 0.3) is 0 Å². The molecule has 0 bridgehead atoms. The van der Waals surface area contributed by atoms with Crippen molar-refractivity contribution in [3.8, 4) is 0 Å². The van der Waals surface area contributed by atoms with Crippen molar-refractivity contribution >= 4 is 10.0 Å². The molecular formula is C13H28N2O2S. The summed E-state index contributed by atoms with van der Waals surface area (Å²) in [6.07, 6.45) is 3.93. The zero-order chi connectivity index (χ0) is 13.6. The fourth-order valence-corrected chi connectivity index (χ4v) is 4.14. The Balaban J connectivity index is 2.33. The van der Waals surface area contributed by atoms with Gasteiger partial charge in [-0.1, -0.05) is 13.8 Å². The number of hydrogen-bond acceptors (Lipinski definition) is 3. The Labute approximate surface area is 112 Å². The van der Waals surface area contributed by atoms with Crippen LogP contribution in [-0.4, -0.2) is 33.3 Å². The van der Waals surface area contributed by atoms with Crippen molar-refractivity contribution in [1.82, 2.24) is 10.0 Å². The maximum atomic E-state index is 12.0. The third kappa shape index (κ3) is 6.71. The minimum atomic E-state index is -3.11. The van der Waals surface area contributed by atoms with E-state index in [1.165, 1.54) is 0 Å². The Morgan fingerprint density at radius 3 is 2.33 bits per heavy atom. The fourth-order valence-electron chi connectivity index (χ4n) is 2.36. The second-order valence-electron chi connectivity index (χ2n) is 5.96. The van der Waals surface area contributed by atoms with Crippen LogP contribution in [0.2, 0.25) is 0 Å². The lowest BCUT2D eigenvalue weighted by Crippen LogP contribution is -2.39. The first-order valence-electron chi connectivity index (χ1n) is 7.10. The Kier molecular flexibility index (Phi) is 6.60. The Morgan fingerprint density at radius 2 is 1.78 bits per heavy atom. The van der Waals surface area contributed by atoms with Crippen molar-refractivity contribution in [3.05, 3.63) is 0 Å². The van der Waals surface area contributed by atoms with Crippen LogP contribution in [0.25, 0.3) is 0 Å². The highest BCUT2D eigenvalue weighted by Gasteiger charge is 2.22. The minimum absolute atomic E-state index is 0.0547. The van der Waals surface area contributed by atoms with Crippen LogP contribution >= 0.6 is 0 Å². The molecule has 1 fully saturated rings. The molecule has 1 atom stereocenters. The molecular weight excluding hydrogens is 248 g/mol. The van der Waals surface area contributed by atoms with Crippen molar-refractivity contribution < 1.29 is 8.42 Å². The molecule has 5 heteroatoms. The summed E-state index contributed by atoms with van der Waals surface area (Å²) in [4.78, 5) is 0. The van der Waals surface area contributed by atoms with Gasteiger partial charge in [-0.15, -0.1) is 0 Å². The summed E-state index contributed by atoms with van der Waals surface area (Å²) < 4.78 is 26.9. The standard InChI is InChI=1S/C13H28N2O2S/c1-11(2)4-5-12(3)15-18(16,17)10-13-6-8-14-9-7-13/h11-15H,4-10H2,1-3H3. The van der Waals surface area contributed by atoms with Crippen LogP contribution in [0.3, 0.4) is 0 Å². The highest BCUT2D eigenvalue weighted by molar-refractivity contribution is 7.89. The van der Waals surface area contributed by atoms with Gasteiger partial charge in [-0.05, 0) is 57.5 Å². The second-order valence-corrected chi connectivity index (χ2v) is 7.76. The normalized spacial score (nSPS) is 20.2. The predicted molar refractivity (Wildman–Crippen MR) is 76.1 cm³/mol. The molecule has 0 aromatic carbocycles. The summed E-state index contributed by atoms with van der Waals surface area (Å²) in [6, 6.07) is 0.0547. The van der Waals surface area contributed by atoms with Crippen LogP contribution in [0.1, 0.15) is 46.5 Å². The molecule has 0 spiro atoms. The second kappa shape index (κ2) is 7.46. The molecule has 1 aliphatic rings. The Bertz CT molecular complexity index is 322. The van der Waals surface area contributed by atoms with E-state index >= 15 is 0 Å². The van der Waals surface area contributed by atoms with Gasteiger partial charge in [-0.3, -0.25) is 0 Å². The largest absolute Gasteiger partial charge is 0.317 e. The monoisotopic (exact) mass is 276 g/mol. The zero-order valence-electron chi connectivity index (χ0n) is 11.9. The van der Waals surface area contributed by atoms with E-state index in [9.17, 15) is 8.42 Å². The van der Waals surface area contributed by atoms with Gasteiger partial charge in [0, 0.05) is 6.04 Å². The molecule has 1 saturated heterocycles. The predicted octanol–water partition coefficient (Wildman–Crippen LogP) is 1.73. The van der Waals surface area contributed by atoms with Gasteiger partial charge in [0.1, 0.15) is 0 Å². The van der Waals surface area contributed by atoms with Crippen LogP contribution in [0, 0.1) is 11.8 Å². The summed E-state index contributed by atoms with van der Waals surface area (Å²) in [5.41, 5.74) is 0. The lowest BCUT2D eigenvalue weighted by atomic mass is 10.0. The van der Waals surface area contributed by atoms with Gasteiger partial charge in [-0.25, -0.2) is 13.1 Å². The number of rotatable bonds is 7. The van der Waals surface area contributed by atoms with Crippen molar-refractivity contribution in [3.63, 3.8) is 0 Å². The smallest absolute Gasteiger partial charge is 0.212 e. The van der Waals surface area contributed by atoms with Gasteiger partial charge >= 0.3 is 0 Å². The van der Waals surface area contributed by atoms with Gasteiger partial charge < -0.3 is 5.32 Å². The molecule has 1 rings (SSSR count). The molecule has 2 N–H and O–H groups in total. The molecule has 4 nitrogen and oxygen atoms in total. The van der Waals surface area contributed by atoms with Crippen LogP contribution in [0.5, 0.6) is 0 Å². The van der Waals surface area contributed by atoms with E-state index in [1.54, 1.807) is 0 Å². The lowest BCUT2D eigenvalue weighted by Gasteiger charge is -2.23. The van der Waals surface area contributed by atoms with Gasteiger partial charge in [0.05, 0.1) is 5.75 Å². The first kappa shape index (κ1) is 15.9. The zero-order valence-corrected chi connectivity index (χ0v) is 12.7. The van der Waals surface area contributed by atoms with Gasteiger partial charge in [-0.2, -0.15) is 0 Å². The van der Waals surface area contributed by atoms with Crippen molar-refractivity contribution in [1.29, 1.82) is 0 Å². The summed E-state index contributed by atoms with van der Waals surface area (Å²) in [6.45, 7) is 8.18. The van der Waals surface area contributed by atoms with Crippen LogP contribution in [0.15, 0.2) is 0 Å². The topological polar surface area (TPSA) is 58.2 Å². The van der Waals surface area contributed by atoms with E-state index < -0.39 is 10.0 Å². The van der Waals surface area contributed by atoms with Crippen LogP contribution < -0.4 is 10.0 Å². The quantitative estimate of drug-likeness (QED) is 0.744. The van der Waals surface area contributed by atoms with E-state index in [1.807, 2.05) is 6.92 Å². The van der Waals surface area contributed by atoms with Crippen molar-refractivity contribution in [2.75, 3.05) is 18.8 Å². The van der Waals surface area contributed by atoms with Crippen molar-refractivity contribution in [2.24, 2.45) is 11.8 Å². The average molecular weight is 276 g/mol. The summed E-state index contributed by atoms with van der Waals surface area (Å²) in [5, 5.41) is 3.26. The first-order valence-corrected chi connectivity index (χ1v) is 8.75. The fraction of sp³-hybridized carbons (Fsp3) is 1.00. The van der Waals surface area contributed by atoms with E-state index in [-0.39, 0.29) is 6.04 Å². The van der Waals surface area contributed by atoms with Gasteiger partial charge in [0.2, 0.25) is 10.0 Å². The molecule has 108 valence electrons. The molecule has 0 radical (unpaired) electrons. The van der Waals surface area contributed by atoms with E-state index in [0.29, 0.717) is 17.6 Å². The number of nitrogens with one attached hydrogen (secondary N) is 2. The summed E-state index contributed by atoms with van der Waals surface area (Å²) in [5.74, 6) is 1.24. The third-order valence-electron chi connectivity index (χ3n) is 3.47. The summed E-state index contributed by atoms with van der Waals surface area (Å²) in [7, 11) is -3.11. The molecule has 0 aliphatic carbocycles. The maximum absolute atomic E-state index is 12.0. The molecule has 0 saturated carbocycles. The van der Waals surface area contributed by atoms with E-state index in [0.717, 1.165) is 38.8 Å². The molecule has 1 aliphatic heterocycles. The molecule has 0 aromatic heterocycles. The third-order valence-corrected chi connectivity index (χ3v) is 5.14. The van der Waals surface area contributed by atoms with Crippen molar-refractivity contribution in [2.45, 2.75) is 52.5 Å².